The molecule has 0 atom stereocenters. The molecule has 5 nitrogen and oxygen atoms in total. The number of nitrogens with zero attached hydrogens (tertiary/aromatic N) is 4. The van der Waals surface area contributed by atoms with Gasteiger partial charge in [-0.05, 0) is 17.0 Å². The molecule has 8 rings (SSSR count). The van der Waals surface area contributed by atoms with Crippen molar-refractivity contribution in [3.05, 3.63) is 140 Å². The number of para-hydroxylation sites is 1. The van der Waals surface area contributed by atoms with E-state index in [9.17, 15) is 0 Å². The Morgan fingerprint density at radius 3 is 2.16 bits per heavy atom. The van der Waals surface area contributed by atoms with E-state index in [1.807, 2.05) is 54.2 Å². The number of benzene rings is 5. The summed E-state index contributed by atoms with van der Waals surface area (Å²) < 4.78 is 10.6. The molecule has 0 bridgehead atoms. The zero-order valence-electron chi connectivity index (χ0n) is 23.1. The summed E-state index contributed by atoms with van der Waals surface area (Å²) in [6.45, 7) is 0. The predicted molar refractivity (Wildman–Crippen MR) is 167 cm³/mol. The molecule has 3 heterocycles. The van der Waals surface area contributed by atoms with E-state index in [0.29, 0.717) is 11.5 Å². The van der Waals surface area contributed by atoms with Gasteiger partial charge in [0.2, 0.25) is 0 Å². The molecule has 208 valence electrons. The molecule has 0 spiro atoms. The zero-order valence-corrected chi connectivity index (χ0v) is 25.4. The molecule has 0 N–H and O–H groups in total. The average molecular weight is 736 g/mol. The maximum Gasteiger partial charge on any atom is 2.00 e. The summed E-state index contributed by atoms with van der Waals surface area (Å²) in [5.74, 6) is 2.02. The molecular formula is C37H24N4OPt. The van der Waals surface area contributed by atoms with Crippen molar-refractivity contribution in [3.63, 3.8) is 0 Å². The van der Waals surface area contributed by atoms with Gasteiger partial charge in [0.25, 0.3) is 0 Å². The fraction of sp³-hybridized carbons (Fsp3) is 0.0270. The van der Waals surface area contributed by atoms with Crippen LogP contribution in [-0.4, -0.2) is 18.9 Å². The van der Waals surface area contributed by atoms with E-state index in [1.165, 1.54) is 0 Å². The summed E-state index contributed by atoms with van der Waals surface area (Å²) in [6, 6.07) is 46.1. The van der Waals surface area contributed by atoms with Gasteiger partial charge >= 0.3 is 21.1 Å². The second-order valence-electron chi connectivity index (χ2n) is 10.2. The third-order valence-electron chi connectivity index (χ3n) is 7.60. The van der Waals surface area contributed by atoms with E-state index in [0.717, 1.165) is 61.2 Å². The van der Waals surface area contributed by atoms with Crippen molar-refractivity contribution < 1.29 is 25.8 Å². The number of aryl methyl sites for hydroxylation is 1. The largest absolute Gasteiger partial charge is 2.00 e. The van der Waals surface area contributed by atoms with Crippen LogP contribution < -0.4 is 4.74 Å². The Balaban J connectivity index is 0.00000300. The fourth-order valence-electron chi connectivity index (χ4n) is 5.69. The van der Waals surface area contributed by atoms with Gasteiger partial charge in [0, 0.05) is 42.0 Å². The van der Waals surface area contributed by atoms with Crippen LogP contribution in [0.1, 0.15) is 0 Å². The molecule has 6 heteroatoms. The number of hydrogen-bond donors (Lipinski definition) is 0. The molecule has 0 radical (unpaired) electrons. The topological polar surface area (TPSA) is 44.4 Å². The van der Waals surface area contributed by atoms with Gasteiger partial charge in [0.1, 0.15) is 0 Å². The summed E-state index contributed by atoms with van der Waals surface area (Å²) in [4.78, 5) is 9.76. The molecule has 0 saturated heterocycles. The summed E-state index contributed by atoms with van der Waals surface area (Å²) in [6.07, 6.45) is 3.70. The van der Waals surface area contributed by atoms with Crippen molar-refractivity contribution in [1.82, 2.24) is 18.9 Å². The SMILES string of the molecule is Cn1ccnc1-c1[c-]c(Oc2[c-]c3c(cc2)c2ccccc2n2c(-c4ccccc4)c(-c4ccccc4)nc32)ccc1.[Pt+2]. The van der Waals surface area contributed by atoms with Crippen LogP contribution in [0.2, 0.25) is 0 Å². The standard InChI is InChI=1S/C37H24N4O.Pt/c1-40-22-21-38-36(40)27-15-10-16-28(23-27)42-29-19-20-30-31-17-8-9-18-33(31)41-35(26-13-6-3-7-14-26)34(25-11-4-2-5-12-25)39-37(41)32(30)24-29;/h2-22H,1H3;/q-2;+2. The molecule has 0 fully saturated rings. The molecule has 0 aliphatic rings. The van der Waals surface area contributed by atoms with Crippen molar-refractivity contribution in [2.75, 3.05) is 0 Å². The van der Waals surface area contributed by atoms with Crippen LogP contribution in [0, 0.1) is 12.1 Å². The van der Waals surface area contributed by atoms with E-state index < -0.39 is 0 Å². The molecule has 0 unspecified atom stereocenters. The minimum atomic E-state index is 0. The Morgan fingerprint density at radius 1 is 0.674 bits per heavy atom. The number of aromatic nitrogens is 4. The maximum atomic E-state index is 6.35. The quantitative estimate of drug-likeness (QED) is 0.131. The van der Waals surface area contributed by atoms with Crippen LogP contribution in [0.15, 0.2) is 128 Å². The van der Waals surface area contributed by atoms with Gasteiger partial charge in [0.15, 0.2) is 0 Å². The van der Waals surface area contributed by atoms with Gasteiger partial charge < -0.3 is 13.7 Å². The van der Waals surface area contributed by atoms with Crippen molar-refractivity contribution >= 4 is 27.3 Å². The molecule has 0 aliphatic heterocycles. The second-order valence-corrected chi connectivity index (χ2v) is 10.2. The van der Waals surface area contributed by atoms with Crippen molar-refractivity contribution in [3.8, 4) is 45.4 Å². The summed E-state index contributed by atoms with van der Waals surface area (Å²) >= 11 is 0. The molecule has 43 heavy (non-hydrogen) atoms. The average Bonchev–Trinajstić information content (AvgIpc) is 3.66. The van der Waals surface area contributed by atoms with Crippen LogP contribution in [-0.2, 0) is 28.1 Å². The van der Waals surface area contributed by atoms with E-state index in [4.69, 9.17) is 9.72 Å². The van der Waals surface area contributed by atoms with Gasteiger partial charge in [-0.2, -0.15) is 0 Å². The number of rotatable bonds is 5. The number of ether oxygens (including phenoxy) is 1. The first kappa shape index (κ1) is 26.9. The summed E-state index contributed by atoms with van der Waals surface area (Å²) in [7, 11) is 1.97. The van der Waals surface area contributed by atoms with E-state index >= 15 is 0 Å². The van der Waals surface area contributed by atoms with E-state index in [-0.39, 0.29) is 21.1 Å². The van der Waals surface area contributed by atoms with Gasteiger partial charge in [-0.1, -0.05) is 108 Å². The number of fused-ring (bicyclic) bond motifs is 6. The van der Waals surface area contributed by atoms with Crippen LogP contribution in [0.4, 0.5) is 0 Å². The molecule has 0 saturated carbocycles. The molecule has 0 amide bonds. The number of pyridine rings is 1. The minimum Gasteiger partial charge on any atom is -0.497 e. The third kappa shape index (κ3) is 4.63. The first-order chi connectivity index (χ1) is 20.7. The minimum absolute atomic E-state index is 0. The van der Waals surface area contributed by atoms with E-state index in [2.05, 4.69) is 100 Å². The van der Waals surface area contributed by atoms with Crippen LogP contribution in [0.5, 0.6) is 11.5 Å². The third-order valence-corrected chi connectivity index (χ3v) is 7.60. The van der Waals surface area contributed by atoms with Crippen LogP contribution in [0.3, 0.4) is 0 Å². The summed E-state index contributed by atoms with van der Waals surface area (Å²) in [5.41, 5.74) is 6.92. The fourth-order valence-corrected chi connectivity index (χ4v) is 5.69. The molecule has 5 aromatic carbocycles. The van der Waals surface area contributed by atoms with Gasteiger partial charge in [0.05, 0.1) is 22.9 Å². The van der Waals surface area contributed by atoms with Gasteiger partial charge in [-0.15, -0.1) is 29.8 Å². The Labute approximate surface area is 263 Å². The Hall–Kier alpha value is -4.99. The van der Waals surface area contributed by atoms with Crippen LogP contribution >= 0.6 is 0 Å². The Bertz CT molecular complexity index is 2240. The molecule has 8 aromatic rings. The van der Waals surface area contributed by atoms with Gasteiger partial charge in [-0.25, -0.2) is 0 Å². The maximum absolute atomic E-state index is 6.35. The monoisotopic (exact) mass is 735 g/mol. The molecule has 0 aliphatic carbocycles. The Morgan fingerprint density at radius 2 is 1.40 bits per heavy atom. The van der Waals surface area contributed by atoms with Crippen LogP contribution in [0.25, 0.3) is 61.2 Å². The number of imidazole rings is 2. The van der Waals surface area contributed by atoms with Crippen molar-refractivity contribution in [2.24, 2.45) is 7.05 Å². The molecular weight excluding hydrogens is 712 g/mol. The molecule has 3 aromatic heterocycles. The predicted octanol–water partition coefficient (Wildman–Crippen LogP) is 8.77. The van der Waals surface area contributed by atoms with Crippen molar-refractivity contribution in [1.29, 1.82) is 0 Å². The first-order valence-electron chi connectivity index (χ1n) is 13.8. The van der Waals surface area contributed by atoms with Gasteiger partial charge in [-0.3, -0.25) is 9.97 Å². The smallest absolute Gasteiger partial charge is 0.497 e. The second kappa shape index (κ2) is 11.0. The normalized spacial score (nSPS) is 11.2. The first-order valence-corrected chi connectivity index (χ1v) is 13.8. The Kier molecular flexibility index (Phi) is 6.88. The zero-order chi connectivity index (χ0) is 28.0. The number of hydrogen-bond acceptors (Lipinski definition) is 3. The summed E-state index contributed by atoms with van der Waals surface area (Å²) in [5, 5.41) is 3.09. The van der Waals surface area contributed by atoms with E-state index in [1.54, 1.807) is 6.20 Å². The van der Waals surface area contributed by atoms with Crippen molar-refractivity contribution in [2.45, 2.75) is 0 Å².